The zero-order valence-corrected chi connectivity index (χ0v) is 10.2. The van der Waals surface area contributed by atoms with Crippen molar-refractivity contribution in [2.24, 2.45) is 0 Å². The van der Waals surface area contributed by atoms with E-state index in [0.717, 1.165) is 6.54 Å². The van der Waals surface area contributed by atoms with Crippen molar-refractivity contribution < 1.29 is 21.5 Å². The smallest absolute Gasteiger partial charge is 0.212 e. The van der Waals surface area contributed by atoms with Gasteiger partial charge in [-0.3, -0.25) is 0 Å². The van der Waals surface area contributed by atoms with Gasteiger partial charge in [-0.15, -0.1) is 0 Å². The van der Waals surface area contributed by atoms with Gasteiger partial charge in [0.15, 0.2) is 12.7 Å². The highest BCUT2D eigenvalue weighted by Crippen LogP contribution is 2.07. The summed E-state index contributed by atoms with van der Waals surface area (Å²) in [4.78, 5) is 0. The summed E-state index contributed by atoms with van der Waals surface area (Å²) >= 11 is 0. The van der Waals surface area contributed by atoms with Gasteiger partial charge in [-0.25, -0.2) is 0 Å². The first kappa shape index (κ1) is 13.8. The molecule has 2 nitrogen and oxygen atoms in total. The average Bonchev–Trinajstić information content (AvgIpc) is 2.19. The Morgan fingerprint density at radius 2 is 1.80 bits per heavy atom. The Kier molecular flexibility index (Phi) is 5.82. The van der Waals surface area contributed by atoms with Gasteiger partial charge in [0.25, 0.3) is 0 Å². The van der Waals surface area contributed by atoms with E-state index in [1.807, 2.05) is 6.08 Å². The molecule has 0 amide bonds. The number of hydrogen-bond acceptors (Lipinski definition) is 1. The third-order valence-electron chi connectivity index (χ3n) is 2.11. The maximum atomic E-state index is 3.74. The first-order valence-electron chi connectivity index (χ1n) is 4.40. The van der Waals surface area contributed by atoms with Crippen LogP contribution < -0.4 is 27.7 Å². The second-order valence-corrected chi connectivity index (χ2v) is 3.01. The molecule has 1 aromatic carbocycles. The van der Waals surface area contributed by atoms with Gasteiger partial charge < -0.3 is 23.1 Å². The summed E-state index contributed by atoms with van der Waals surface area (Å²) in [5.41, 5.74) is 1.25. The molecule has 0 fully saturated rings. The highest BCUT2D eigenvalue weighted by atomic mass is 79.9. The first-order chi connectivity index (χ1) is 6.42. The molecule has 0 saturated carbocycles. The summed E-state index contributed by atoms with van der Waals surface area (Å²) in [6.07, 6.45) is 3.98. The molecule has 0 radical (unpaired) electrons. The van der Waals surface area contributed by atoms with E-state index >= 15 is 0 Å². The maximum absolute atomic E-state index is 3.74. The molecule has 1 aromatic heterocycles. The van der Waals surface area contributed by atoms with Crippen molar-refractivity contribution >= 4 is 10.9 Å². The normalized spacial score (nSPS) is 8.80. The van der Waals surface area contributed by atoms with Crippen LogP contribution in [-0.2, 0) is 6.54 Å². The molecule has 0 bridgehead atoms. The van der Waals surface area contributed by atoms with Crippen LogP contribution in [-0.4, -0.2) is 0 Å². The third kappa shape index (κ3) is 2.88. The molecule has 1 heterocycles. The molecule has 3 heteroatoms. The summed E-state index contributed by atoms with van der Waals surface area (Å²) in [6, 6.07) is 12.5. The van der Waals surface area contributed by atoms with Gasteiger partial charge in [0.05, 0.1) is 0 Å². The SMILES string of the molecule is C=CC[n+]1cccc2ccccc21.N.[Br-]. The first-order valence-corrected chi connectivity index (χ1v) is 4.40. The van der Waals surface area contributed by atoms with Crippen LogP contribution in [0.2, 0.25) is 0 Å². The maximum Gasteiger partial charge on any atom is 0.212 e. The molecule has 0 spiro atoms. The van der Waals surface area contributed by atoms with Gasteiger partial charge in [-0.05, 0) is 18.2 Å². The van der Waals surface area contributed by atoms with Gasteiger partial charge in [0, 0.05) is 17.5 Å². The zero-order chi connectivity index (χ0) is 9.10. The predicted octanol–water partition coefficient (Wildman–Crippen LogP) is -0.521. The number of para-hydroxylation sites is 1. The number of allylic oxidation sites excluding steroid dienone is 1. The number of hydrogen-bond donors (Lipinski definition) is 1. The van der Waals surface area contributed by atoms with Crippen molar-refractivity contribution in [3.8, 4) is 0 Å². The lowest BCUT2D eigenvalue weighted by Crippen LogP contribution is -3.00. The lowest BCUT2D eigenvalue weighted by molar-refractivity contribution is -0.660. The second kappa shape index (κ2) is 6.32. The minimum atomic E-state index is 0. The summed E-state index contributed by atoms with van der Waals surface area (Å²) in [6.45, 7) is 4.60. The lowest BCUT2D eigenvalue weighted by Gasteiger charge is -1.96. The van der Waals surface area contributed by atoms with Gasteiger partial charge >= 0.3 is 0 Å². The fraction of sp³-hybridized carbons (Fsp3) is 0.0833. The minimum absolute atomic E-state index is 0. The molecular weight excluding hydrogens is 252 g/mol. The zero-order valence-electron chi connectivity index (χ0n) is 8.57. The summed E-state index contributed by atoms with van der Waals surface area (Å²) in [5, 5.41) is 1.27. The van der Waals surface area contributed by atoms with Crippen molar-refractivity contribution in [1.29, 1.82) is 0 Å². The molecule has 0 aliphatic heterocycles. The van der Waals surface area contributed by atoms with Crippen molar-refractivity contribution in [2.45, 2.75) is 6.54 Å². The van der Waals surface area contributed by atoms with Crippen LogP contribution in [0.15, 0.2) is 55.3 Å². The summed E-state index contributed by atoms with van der Waals surface area (Å²) in [5.74, 6) is 0. The Morgan fingerprint density at radius 3 is 2.53 bits per heavy atom. The molecule has 0 aliphatic carbocycles. The highest BCUT2D eigenvalue weighted by Gasteiger charge is 2.03. The monoisotopic (exact) mass is 266 g/mol. The highest BCUT2D eigenvalue weighted by molar-refractivity contribution is 5.74. The Balaban J connectivity index is 0.000000980. The molecule has 0 atom stereocenters. The largest absolute Gasteiger partial charge is 1.00 e. The number of pyridine rings is 1. The lowest BCUT2D eigenvalue weighted by atomic mass is 10.2. The average molecular weight is 267 g/mol. The van der Waals surface area contributed by atoms with Crippen LogP contribution >= 0.6 is 0 Å². The number of benzene rings is 1. The number of fused-ring (bicyclic) bond motifs is 1. The van der Waals surface area contributed by atoms with Crippen LogP contribution in [0.1, 0.15) is 0 Å². The van der Waals surface area contributed by atoms with E-state index in [2.05, 4.69) is 53.7 Å². The molecule has 2 rings (SSSR count). The van der Waals surface area contributed by atoms with Gasteiger partial charge in [-0.2, -0.15) is 4.57 Å². The molecule has 80 valence electrons. The summed E-state index contributed by atoms with van der Waals surface area (Å²) < 4.78 is 2.18. The van der Waals surface area contributed by atoms with E-state index in [4.69, 9.17) is 0 Å². The topological polar surface area (TPSA) is 38.9 Å². The molecule has 2 aromatic rings. The number of nitrogens with zero attached hydrogens (tertiary/aromatic N) is 1. The van der Waals surface area contributed by atoms with Crippen LogP contribution in [0.4, 0.5) is 0 Å². The molecular formula is C12H15BrN2. The predicted molar refractivity (Wildman–Crippen MR) is 59.4 cm³/mol. The Hall–Kier alpha value is -1.19. The van der Waals surface area contributed by atoms with Crippen molar-refractivity contribution in [1.82, 2.24) is 6.15 Å². The fourth-order valence-corrected chi connectivity index (χ4v) is 1.52. The van der Waals surface area contributed by atoms with Gasteiger partial charge in [-0.1, -0.05) is 18.7 Å². The van der Waals surface area contributed by atoms with Crippen molar-refractivity contribution in [2.75, 3.05) is 0 Å². The molecule has 15 heavy (non-hydrogen) atoms. The van der Waals surface area contributed by atoms with Crippen LogP contribution in [0, 0.1) is 0 Å². The van der Waals surface area contributed by atoms with Gasteiger partial charge in [0.2, 0.25) is 5.52 Å². The van der Waals surface area contributed by atoms with Crippen molar-refractivity contribution in [3.63, 3.8) is 0 Å². The van der Waals surface area contributed by atoms with E-state index in [-0.39, 0.29) is 23.1 Å². The van der Waals surface area contributed by atoms with E-state index in [9.17, 15) is 0 Å². The van der Waals surface area contributed by atoms with E-state index in [1.54, 1.807) is 0 Å². The number of rotatable bonds is 2. The van der Waals surface area contributed by atoms with Crippen LogP contribution in [0.3, 0.4) is 0 Å². The quantitative estimate of drug-likeness (QED) is 0.577. The van der Waals surface area contributed by atoms with E-state index < -0.39 is 0 Å². The molecule has 3 N–H and O–H groups in total. The number of aromatic nitrogens is 1. The molecule has 0 aliphatic rings. The van der Waals surface area contributed by atoms with E-state index in [0.29, 0.717) is 0 Å². The van der Waals surface area contributed by atoms with Crippen molar-refractivity contribution in [3.05, 3.63) is 55.3 Å². The Labute approximate surface area is 101 Å². The Bertz CT molecular complexity index is 435. The fourth-order valence-electron chi connectivity index (χ4n) is 1.52. The molecule has 0 saturated heterocycles. The Morgan fingerprint density at radius 1 is 1.13 bits per heavy atom. The third-order valence-corrected chi connectivity index (χ3v) is 2.11. The van der Waals surface area contributed by atoms with E-state index in [1.165, 1.54) is 10.9 Å². The molecule has 0 unspecified atom stereocenters. The van der Waals surface area contributed by atoms with Gasteiger partial charge in [0.1, 0.15) is 0 Å². The van der Waals surface area contributed by atoms with Crippen LogP contribution in [0.25, 0.3) is 10.9 Å². The minimum Gasteiger partial charge on any atom is -1.00 e. The van der Waals surface area contributed by atoms with Crippen LogP contribution in [0.5, 0.6) is 0 Å². The number of halogens is 1. The summed E-state index contributed by atoms with van der Waals surface area (Å²) in [7, 11) is 0. The standard InChI is InChI=1S/C12H12N.BrH.H3N/c1-2-9-13-10-5-7-11-6-3-4-8-12(11)13;;/h2-8,10H,1,9H2;1H;1H3/q+1;;/p-1. The second-order valence-electron chi connectivity index (χ2n) is 3.01.